The van der Waals surface area contributed by atoms with Crippen LogP contribution in [-0.2, 0) is 6.54 Å². The number of rotatable bonds is 7. The van der Waals surface area contributed by atoms with Crippen molar-refractivity contribution in [1.29, 1.82) is 0 Å². The zero-order chi connectivity index (χ0) is 28.5. The Morgan fingerprint density at radius 1 is 1.13 bits per heavy atom. The summed E-state index contributed by atoms with van der Waals surface area (Å²) in [5.41, 5.74) is 0.509. The number of benzene rings is 1. The van der Waals surface area contributed by atoms with Crippen molar-refractivity contribution < 1.29 is 18.4 Å². The third-order valence-corrected chi connectivity index (χ3v) is 5.78. The molecule has 39 heavy (non-hydrogen) atoms. The summed E-state index contributed by atoms with van der Waals surface area (Å²) in [6, 6.07) is 7.59. The molecule has 0 radical (unpaired) electrons. The molecule has 2 amide bonds. The van der Waals surface area contributed by atoms with Gasteiger partial charge in [-0.2, -0.15) is 5.10 Å². The molecule has 1 aromatic carbocycles. The average molecular weight is 578 g/mol. The van der Waals surface area contributed by atoms with Gasteiger partial charge < -0.3 is 10.6 Å². The van der Waals surface area contributed by atoms with Crippen molar-refractivity contribution in [2.45, 2.75) is 46.2 Å². The summed E-state index contributed by atoms with van der Waals surface area (Å²) in [6.45, 7) is 6.89. The Labute approximate surface area is 231 Å². The Morgan fingerprint density at radius 3 is 2.54 bits per heavy atom. The first-order valence-electron chi connectivity index (χ1n) is 11.5. The van der Waals surface area contributed by atoms with E-state index in [1.807, 2.05) is 20.8 Å². The smallest absolute Gasteiger partial charge is 0.298 e. The minimum absolute atomic E-state index is 0.0335. The minimum atomic E-state index is -2.92. The van der Waals surface area contributed by atoms with Crippen LogP contribution < -0.4 is 10.6 Å². The van der Waals surface area contributed by atoms with Crippen LogP contribution in [0.4, 0.5) is 14.5 Å². The van der Waals surface area contributed by atoms with Crippen LogP contribution in [0.1, 0.15) is 65.1 Å². The maximum Gasteiger partial charge on any atom is 0.298 e. The summed E-state index contributed by atoms with van der Waals surface area (Å²) in [4.78, 5) is 30.9. The highest BCUT2D eigenvalue weighted by atomic mass is 35.5. The number of aromatic nitrogens is 7. The van der Waals surface area contributed by atoms with Crippen LogP contribution in [0.3, 0.4) is 0 Å². The largest absolute Gasteiger partial charge is 0.347 e. The molecule has 204 valence electrons. The molecule has 11 nitrogen and oxygen atoms in total. The second-order valence-corrected chi connectivity index (χ2v) is 10.4. The molecule has 0 saturated heterocycles. The van der Waals surface area contributed by atoms with E-state index in [0.717, 1.165) is 4.68 Å². The van der Waals surface area contributed by atoms with Crippen molar-refractivity contribution in [3.05, 3.63) is 74.9 Å². The van der Waals surface area contributed by atoms with Crippen LogP contribution >= 0.6 is 23.2 Å². The third-order valence-electron chi connectivity index (χ3n) is 5.27. The predicted octanol–water partition coefficient (Wildman–Crippen LogP) is 4.64. The van der Waals surface area contributed by atoms with Crippen molar-refractivity contribution in [1.82, 2.24) is 40.3 Å². The lowest BCUT2D eigenvalue weighted by atomic mass is 10.0. The van der Waals surface area contributed by atoms with Crippen LogP contribution in [-0.4, -0.2) is 52.3 Å². The zero-order valence-corrected chi connectivity index (χ0v) is 22.7. The third kappa shape index (κ3) is 6.37. The number of amides is 2. The summed E-state index contributed by atoms with van der Waals surface area (Å²) in [6.07, 6.45) is -1.46. The van der Waals surface area contributed by atoms with Gasteiger partial charge in [-0.25, -0.2) is 23.1 Å². The maximum absolute atomic E-state index is 13.6. The lowest BCUT2D eigenvalue weighted by Gasteiger charge is -2.22. The number of anilines is 1. The van der Waals surface area contributed by atoms with Crippen LogP contribution in [0.5, 0.6) is 0 Å². The molecular weight excluding hydrogens is 555 g/mol. The Morgan fingerprint density at radius 2 is 1.87 bits per heavy atom. The molecule has 0 atom stereocenters. The summed E-state index contributed by atoms with van der Waals surface area (Å²) in [5, 5.41) is 20.7. The molecule has 4 aromatic rings. The van der Waals surface area contributed by atoms with Crippen molar-refractivity contribution in [2.75, 3.05) is 5.32 Å². The topological polar surface area (TPSA) is 133 Å². The summed E-state index contributed by atoms with van der Waals surface area (Å²) in [5.74, 6) is -1.64. The monoisotopic (exact) mass is 577 g/mol. The standard InChI is InChI=1S/C24H23Cl2F2N9O2/c1-12-8-13(25)9-15(22(38)31-24(2,3)4)18(12)30-23(39)17-10-14(11-36-21(19(27)28)32-34-35-36)33-37(17)20-16(26)6-5-7-29-20/h5-10,19H,11H2,1-4H3,(H,30,39)(H,31,38). The molecule has 4 rings (SSSR count). The number of alkyl halides is 2. The van der Waals surface area contributed by atoms with Crippen molar-refractivity contribution in [3.8, 4) is 5.82 Å². The Kier molecular flexibility index (Phi) is 7.93. The van der Waals surface area contributed by atoms with E-state index in [0.29, 0.717) is 10.6 Å². The number of carbonyl (C=O) groups excluding carboxylic acids is 2. The first-order valence-corrected chi connectivity index (χ1v) is 12.3. The molecule has 0 unspecified atom stereocenters. The van der Waals surface area contributed by atoms with E-state index in [2.05, 4.69) is 36.2 Å². The average Bonchev–Trinajstić information content (AvgIpc) is 3.47. The van der Waals surface area contributed by atoms with Gasteiger partial charge in [0.1, 0.15) is 5.69 Å². The molecular formula is C24H23Cl2F2N9O2. The van der Waals surface area contributed by atoms with Crippen LogP contribution in [0, 0.1) is 6.92 Å². The van der Waals surface area contributed by atoms with Crippen LogP contribution in [0.15, 0.2) is 36.5 Å². The number of pyridine rings is 1. The number of halogens is 4. The van der Waals surface area contributed by atoms with E-state index in [1.54, 1.807) is 25.1 Å². The normalized spacial score (nSPS) is 11.6. The van der Waals surface area contributed by atoms with Gasteiger partial charge in [-0.3, -0.25) is 9.59 Å². The molecule has 0 fully saturated rings. The molecule has 3 heterocycles. The van der Waals surface area contributed by atoms with Crippen molar-refractivity contribution in [3.63, 3.8) is 0 Å². The fourth-order valence-corrected chi connectivity index (χ4v) is 4.15. The van der Waals surface area contributed by atoms with Crippen LogP contribution in [0.2, 0.25) is 10.0 Å². The van der Waals surface area contributed by atoms with E-state index in [9.17, 15) is 18.4 Å². The van der Waals surface area contributed by atoms with Gasteiger partial charge in [0.25, 0.3) is 18.2 Å². The Hall–Kier alpha value is -3.97. The number of nitrogens with zero attached hydrogens (tertiary/aromatic N) is 7. The first-order chi connectivity index (χ1) is 18.3. The molecule has 0 aliphatic carbocycles. The molecule has 3 aromatic heterocycles. The van der Waals surface area contributed by atoms with Crippen LogP contribution in [0.25, 0.3) is 5.82 Å². The Balaban J connectivity index is 1.76. The quantitative estimate of drug-likeness (QED) is 0.327. The first kappa shape index (κ1) is 28.0. The molecule has 0 saturated carbocycles. The van der Waals surface area contributed by atoms with Gasteiger partial charge in [-0.15, -0.1) is 5.10 Å². The fraction of sp³-hybridized carbons (Fsp3) is 0.292. The second kappa shape index (κ2) is 11.0. The molecule has 2 N–H and O–H groups in total. The highest BCUT2D eigenvalue weighted by Gasteiger charge is 2.25. The number of nitrogens with one attached hydrogen (secondary N) is 2. The maximum atomic E-state index is 13.6. The van der Waals surface area contributed by atoms with Crippen molar-refractivity contribution >= 4 is 40.7 Å². The van der Waals surface area contributed by atoms with E-state index >= 15 is 0 Å². The SMILES string of the molecule is Cc1cc(Cl)cc(C(=O)NC(C)(C)C)c1NC(=O)c1cc(Cn2nnnc2C(F)F)nn1-c1ncccc1Cl. The van der Waals surface area contributed by atoms with Gasteiger partial charge in [-0.1, -0.05) is 23.2 Å². The van der Waals surface area contributed by atoms with Gasteiger partial charge in [0.05, 0.1) is 28.5 Å². The number of tetrazole rings is 1. The summed E-state index contributed by atoms with van der Waals surface area (Å²) in [7, 11) is 0. The lowest BCUT2D eigenvalue weighted by Crippen LogP contribution is -2.41. The predicted molar refractivity (Wildman–Crippen MR) is 140 cm³/mol. The number of aryl methyl sites for hydroxylation is 1. The minimum Gasteiger partial charge on any atom is -0.347 e. The summed E-state index contributed by atoms with van der Waals surface area (Å²) >= 11 is 12.5. The lowest BCUT2D eigenvalue weighted by molar-refractivity contribution is 0.0920. The zero-order valence-electron chi connectivity index (χ0n) is 21.2. The molecule has 0 aliphatic heterocycles. The van der Waals surface area contributed by atoms with Crippen molar-refractivity contribution in [2.24, 2.45) is 0 Å². The molecule has 0 bridgehead atoms. The van der Waals surface area contributed by atoms with Gasteiger partial charge >= 0.3 is 0 Å². The highest BCUT2D eigenvalue weighted by molar-refractivity contribution is 6.32. The van der Waals surface area contributed by atoms with E-state index in [1.165, 1.54) is 23.0 Å². The molecule has 0 spiro atoms. The fourth-order valence-electron chi connectivity index (χ4n) is 3.67. The van der Waals surface area contributed by atoms with Gasteiger partial charge in [0.2, 0.25) is 5.82 Å². The van der Waals surface area contributed by atoms with Gasteiger partial charge in [0.15, 0.2) is 5.82 Å². The highest BCUT2D eigenvalue weighted by Crippen LogP contribution is 2.28. The van der Waals surface area contributed by atoms with E-state index in [4.69, 9.17) is 23.2 Å². The van der Waals surface area contributed by atoms with E-state index < -0.39 is 29.6 Å². The number of hydrogen-bond donors (Lipinski definition) is 2. The molecule has 0 aliphatic rings. The molecule has 15 heteroatoms. The number of hydrogen-bond acceptors (Lipinski definition) is 7. The number of carbonyl (C=O) groups is 2. The van der Waals surface area contributed by atoms with Gasteiger partial charge in [-0.05, 0) is 74.0 Å². The van der Waals surface area contributed by atoms with Gasteiger partial charge in [0, 0.05) is 16.8 Å². The summed E-state index contributed by atoms with van der Waals surface area (Å²) < 4.78 is 28.6. The van der Waals surface area contributed by atoms with E-state index in [-0.39, 0.29) is 40.0 Å². The second-order valence-electron chi connectivity index (χ2n) is 9.54. The Bertz CT molecular complexity index is 1550.